The Morgan fingerprint density at radius 2 is 2.17 bits per heavy atom. The van der Waals surface area contributed by atoms with Gasteiger partial charge in [0.2, 0.25) is 0 Å². The molecular weight excluding hydrogens is 228 g/mol. The van der Waals surface area contributed by atoms with Gasteiger partial charge in [0, 0.05) is 12.3 Å². The van der Waals surface area contributed by atoms with Gasteiger partial charge in [0.15, 0.2) is 5.78 Å². The Labute approximate surface area is 109 Å². The van der Waals surface area contributed by atoms with Gasteiger partial charge in [-0.2, -0.15) is 0 Å². The molecule has 0 spiro atoms. The van der Waals surface area contributed by atoms with Crippen LogP contribution in [0.3, 0.4) is 0 Å². The number of carbonyl (C=O) groups is 2. The summed E-state index contributed by atoms with van der Waals surface area (Å²) in [5.74, 6) is -0.300. The van der Waals surface area contributed by atoms with Gasteiger partial charge < -0.3 is 4.74 Å². The highest BCUT2D eigenvalue weighted by molar-refractivity contribution is 6.07. The molecule has 2 saturated carbocycles. The number of rotatable bonds is 3. The summed E-state index contributed by atoms with van der Waals surface area (Å²) in [6, 6.07) is 0. The predicted octanol–water partition coefficient (Wildman–Crippen LogP) is 2.89. The first-order valence-electron chi connectivity index (χ1n) is 6.76. The van der Waals surface area contributed by atoms with Crippen molar-refractivity contribution in [3.63, 3.8) is 0 Å². The number of fused-ring (bicyclic) bond motifs is 1. The van der Waals surface area contributed by atoms with Gasteiger partial charge in [-0.1, -0.05) is 19.1 Å². The summed E-state index contributed by atoms with van der Waals surface area (Å²) in [6.45, 7) is 10.1. The van der Waals surface area contributed by atoms with E-state index in [4.69, 9.17) is 4.74 Å². The minimum Gasteiger partial charge on any atom is -0.465 e. The summed E-state index contributed by atoms with van der Waals surface area (Å²) in [6.07, 6.45) is 3.08. The number of esters is 1. The second-order valence-corrected chi connectivity index (χ2v) is 5.95. The van der Waals surface area contributed by atoms with E-state index in [1.165, 1.54) is 0 Å². The first-order valence-corrected chi connectivity index (χ1v) is 6.76. The molecule has 0 radical (unpaired) electrons. The summed E-state index contributed by atoms with van der Waals surface area (Å²) in [5.41, 5.74) is -0.253. The Balaban J connectivity index is 2.53. The van der Waals surface area contributed by atoms with Crippen molar-refractivity contribution < 1.29 is 14.3 Å². The van der Waals surface area contributed by atoms with Crippen LogP contribution < -0.4 is 0 Å². The van der Waals surface area contributed by atoms with E-state index in [2.05, 4.69) is 13.5 Å². The van der Waals surface area contributed by atoms with Crippen molar-refractivity contribution in [2.45, 2.75) is 46.5 Å². The van der Waals surface area contributed by atoms with Crippen LogP contribution in [0.5, 0.6) is 0 Å². The van der Waals surface area contributed by atoms with E-state index in [1.54, 1.807) is 6.92 Å². The van der Waals surface area contributed by atoms with E-state index in [1.807, 2.05) is 6.92 Å². The zero-order valence-electron chi connectivity index (χ0n) is 11.5. The molecule has 3 atom stereocenters. The van der Waals surface area contributed by atoms with Gasteiger partial charge in [0.1, 0.15) is 5.41 Å². The predicted molar refractivity (Wildman–Crippen MR) is 69.0 cm³/mol. The van der Waals surface area contributed by atoms with Crippen molar-refractivity contribution in [1.29, 1.82) is 0 Å². The normalized spacial score (nSPS) is 38.6. The minimum atomic E-state index is -0.950. The molecule has 0 aliphatic heterocycles. The third-order valence-corrected chi connectivity index (χ3v) is 5.00. The average molecular weight is 250 g/mol. The molecular formula is C15H22O3. The molecule has 2 fully saturated rings. The SMILES string of the molecule is C=C(C)[C@@H]1CC[C@@]2(C)CCC(=O)[C@@]12C(=O)OCC. The highest BCUT2D eigenvalue weighted by Gasteiger charge is 2.70. The van der Waals surface area contributed by atoms with Crippen molar-refractivity contribution in [2.75, 3.05) is 6.61 Å². The fourth-order valence-electron chi connectivity index (χ4n) is 4.10. The molecule has 0 heterocycles. The van der Waals surface area contributed by atoms with Crippen LogP contribution in [-0.2, 0) is 14.3 Å². The Morgan fingerprint density at radius 1 is 1.50 bits per heavy atom. The molecule has 2 aliphatic carbocycles. The molecule has 0 bridgehead atoms. The van der Waals surface area contributed by atoms with Crippen LogP contribution in [0.1, 0.15) is 46.5 Å². The standard InChI is InChI=1S/C15H22O3/c1-5-18-13(17)15-11(10(2)3)6-8-14(15,4)9-7-12(15)16/h11H,2,5-9H2,1,3-4H3/t11-,14-,15+/m0/s1. The average Bonchev–Trinajstić information content (AvgIpc) is 2.73. The highest BCUT2D eigenvalue weighted by Crippen LogP contribution is 2.65. The summed E-state index contributed by atoms with van der Waals surface area (Å²) < 4.78 is 5.25. The maximum Gasteiger partial charge on any atom is 0.320 e. The number of hydrogen-bond donors (Lipinski definition) is 0. The van der Waals surface area contributed by atoms with Crippen molar-refractivity contribution in [2.24, 2.45) is 16.7 Å². The van der Waals surface area contributed by atoms with Gasteiger partial charge in [0.25, 0.3) is 0 Å². The Kier molecular flexibility index (Phi) is 3.12. The summed E-state index contributed by atoms with van der Waals surface area (Å²) in [7, 11) is 0. The van der Waals surface area contributed by atoms with Gasteiger partial charge >= 0.3 is 5.97 Å². The Morgan fingerprint density at radius 3 is 2.72 bits per heavy atom. The van der Waals surface area contributed by atoms with Gasteiger partial charge in [-0.25, -0.2) is 0 Å². The van der Waals surface area contributed by atoms with Gasteiger partial charge in [-0.15, -0.1) is 0 Å². The van der Waals surface area contributed by atoms with Gasteiger partial charge in [0.05, 0.1) is 6.61 Å². The second-order valence-electron chi connectivity index (χ2n) is 5.95. The van der Waals surface area contributed by atoms with Crippen molar-refractivity contribution >= 4 is 11.8 Å². The van der Waals surface area contributed by atoms with Crippen LogP contribution in [0.2, 0.25) is 0 Å². The monoisotopic (exact) mass is 250 g/mol. The topological polar surface area (TPSA) is 43.4 Å². The summed E-state index contributed by atoms with van der Waals surface area (Å²) >= 11 is 0. The summed E-state index contributed by atoms with van der Waals surface area (Å²) in [5, 5.41) is 0. The number of Topliss-reactive ketones (excluding diaryl/α,β-unsaturated/α-hetero) is 1. The molecule has 0 unspecified atom stereocenters. The number of carbonyl (C=O) groups excluding carboxylic acids is 2. The van der Waals surface area contributed by atoms with Crippen molar-refractivity contribution in [3.05, 3.63) is 12.2 Å². The number of ketones is 1. The van der Waals surface area contributed by atoms with E-state index in [-0.39, 0.29) is 23.1 Å². The molecule has 0 aromatic carbocycles. The lowest BCUT2D eigenvalue weighted by atomic mass is 9.63. The fourth-order valence-corrected chi connectivity index (χ4v) is 4.10. The lowest BCUT2D eigenvalue weighted by molar-refractivity contribution is -0.166. The van der Waals surface area contributed by atoms with E-state index >= 15 is 0 Å². The highest BCUT2D eigenvalue weighted by atomic mass is 16.5. The Bertz CT molecular complexity index is 412. The fraction of sp³-hybridized carbons (Fsp3) is 0.733. The zero-order valence-corrected chi connectivity index (χ0v) is 11.5. The van der Waals surface area contributed by atoms with E-state index in [0.717, 1.165) is 24.8 Å². The first-order chi connectivity index (χ1) is 8.40. The first kappa shape index (κ1) is 13.3. The lowest BCUT2D eigenvalue weighted by Crippen LogP contribution is -2.49. The molecule has 0 amide bonds. The maximum atomic E-state index is 12.5. The van der Waals surface area contributed by atoms with E-state index in [9.17, 15) is 9.59 Å². The number of ether oxygens (including phenoxy) is 1. The van der Waals surface area contributed by atoms with Crippen LogP contribution >= 0.6 is 0 Å². The van der Waals surface area contributed by atoms with Crippen LogP contribution in [0, 0.1) is 16.7 Å². The maximum absolute atomic E-state index is 12.5. The second kappa shape index (κ2) is 4.22. The van der Waals surface area contributed by atoms with Crippen LogP contribution in [0.4, 0.5) is 0 Å². The molecule has 0 aromatic rings. The third-order valence-electron chi connectivity index (χ3n) is 5.00. The van der Waals surface area contributed by atoms with Crippen LogP contribution in [0.25, 0.3) is 0 Å². The van der Waals surface area contributed by atoms with Gasteiger partial charge in [-0.3, -0.25) is 9.59 Å². The molecule has 100 valence electrons. The number of hydrogen-bond acceptors (Lipinski definition) is 3. The third kappa shape index (κ3) is 1.42. The van der Waals surface area contributed by atoms with Crippen LogP contribution in [0.15, 0.2) is 12.2 Å². The minimum absolute atomic E-state index is 0.0449. The van der Waals surface area contributed by atoms with E-state index in [0.29, 0.717) is 13.0 Å². The quantitative estimate of drug-likeness (QED) is 0.439. The Hall–Kier alpha value is -1.12. The summed E-state index contributed by atoms with van der Waals surface area (Å²) in [4.78, 5) is 25.0. The lowest BCUT2D eigenvalue weighted by Gasteiger charge is -2.38. The molecule has 0 aromatic heterocycles. The molecule has 0 N–H and O–H groups in total. The molecule has 2 rings (SSSR count). The molecule has 3 nitrogen and oxygen atoms in total. The number of allylic oxidation sites excluding steroid dienone is 1. The zero-order chi connectivity index (χ0) is 13.6. The van der Waals surface area contributed by atoms with Gasteiger partial charge in [-0.05, 0) is 38.5 Å². The van der Waals surface area contributed by atoms with Crippen LogP contribution in [-0.4, -0.2) is 18.4 Å². The molecule has 18 heavy (non-hydrogen) atoms. The molecule has 0 saturated heterocycles. The van der Waals surface area contributed by atoms with Crippen molar-refractivity contribution in [1.82, 2.24) is 0 Å². The molecule has 3 heteroatoms. The largest absolute Gasteiger partial charge is 0.465 e. The molecule has 2 aliphatic rings. The smallest absolute Gasteiger partial charge is 0.320 e. The van der Waals surface area contributed by atoms with E-state index < -0.39 is 5.41 Å². The van der Waals surface area contributed by atoms with Crippen molar-refractivity contribution in [3.8, 4) is 0 Å².